The number of hydrogen-bond acceptors (Lipinski definition) is 7. The van der Waals surface area contributed by atoms with E-state index < -0.39 is 23.7 Å². The molecule has 0 radical (unpaired) electrons. The van der Waals surface area contributed by atoms with E-state index in [4.69, 9.17) is 4.74 Å². The van der Waals surface area contributed by atoms with E-state index in [1.54, 1.807) is 56.3 Å². The Balaban J connectivity index is 1.47. The maximum atomic E-state index is 14.0. The minimum absolute atomic E-state index is 0.122. The van der Waals surface area contributed by atoms with Crippen LogP contribution in [0.4, 0.5) is 5.69 Å². The lowest BCUT2D eigenvalue weighted by molar-refractivity contribution is -0.123. The van der Waals surface area contributed by atoms with Gasteiger partial charge in [0.05, 0.1) is 24.1 Å². The van der Waals surface area contributed by atoms with E-state index >= 15 is 0 Å². The molecule has 2 amide bonds. The van der Waals surface area contributed by atoms with E-state index in [-0.39, 0.29) is 53.5 Å². The van der Waals surface area contributed by atoms with E-state index in [9.17, 15) is 29.1 Å². The maximum Gasteiger partial charge on any atom is 0.238 e. The second kappa shape index (κ2) is 9.80. The number of hydrogen-bond donors (Lipinski definition) is 1. The highest BCUT2D eigenvalue weighted by Crippen LogP contribution is 2.57. The highest BCUT2D eigenvalue weighted by atomic mass is 16.5. The number of amides is 2. The maximum absolute atomic E-state index is 14.0. The van der Waals surface area contributed by atoms with E-state index in [1.807, 2.05) is 6.08 Å². The van der Waals surface area contributed by atoms with Crippen molar-refractivity contribution >= 4 is 34.9 Å². The number of rotatable bonds is 5. The quantitative estimate of drug-likeness (QED) is 0.249. The summed E-state index contributed by atoms with van der Waals surface area (Å²) in [7, 11) is 0. The Morgan fingerprint density at radius 3 is 2.44 bits per heavy atom. The molecule has 8 nitrogen and oxygen atoms in total. The first-order valence-corrected chi connectivity index (χ1v) is 13.8. The third-order valence-electron chi connectivity index (χ3n) is 8.74. The van der Waals surface area contributed by atoms with E-state index in [0.29, 0.717) is 40.1 Å². The molecule has 41 heavy (non-hydrogen) atoms. The molecule has 1 fully saturated rings. The van der Waals surface area contributed by atoms with E-state index in [2.05, 4.69) is 0 Å². The average Bonchev–Trinajstić information content (AvgIpc) is 3.21. The van der Waals surface area contributed by atoms with Gasteiger partial charge >= 0.3 is 0 Å². The fraction of sp³-hybridized carbons (Fsp3) is 0.303. The number of carbonyl (C=O) groups excluding carboxylic acids is 5. The zero-order valence-electron chi connectivity index (χ0n) is 23.0. The number of ether oxygens (including phenoxy) is 1. The van der Waals surface area contributed by atoms with Crippen LogP contribution in [0.1, 0.15) is 55.5 Å². The van der Waals surface area contributed by atoms with Gasteiger partial charge in [-0.1, -0.05) is 23.8 Å². The molecule has 0 spiro atoms. The summed E-state index contributed by atoms with van der Waals surface area (Å²) in [6.07, 6.45) is 3.67. The Morgan fingerprint density at radius 1 is 1.02 bits per heavy atom. The Labute approximate surface area is 237 Å². The van der Waals surface area contributed by atoms with Gasteiger partial charge in [0, 0.05) is 33.8 Å². The molecule has 8 heteroatoms. The number of para-hydroxylation sites is 1. The first-order chi connectivity index (χ1) is 19.6. The molecular weight excluding hydrogens is 522 g/mol. The zero-order chi connectivity index (χ0) is 29.2. The number of ketones is 3. The molecule has 208 valence electrons. The summed E-state index contributed by atoms with van der Waals surface area (Å²) in [5, 5.41) is 11.3. The van der Waals surface area contributed by atoms with Crippen LogP contribution >= 0.6 is 0 Å². The minimum atomic E-state index is -0.767. The van der Waals surface area contributed by atoms with Gasteiger partial charge in [0.15, 0.2) is 28.8 Å². The summed E-state index contributed by atoms with van der Waals surface area (Å²) in [5.74, 6) is -3.89. The molecule has 1 N–H and O–H groups in total. The van der Waals surface area contributed by atoms with E-state index in [1.165, 1.54) is 17.9 Å². The smallest absolute Gasteiger partial charge is 0.238 e. The lowest BCUT2D eigenvalue weighted by Gasteiger charge is -2.42. The molecule has 1 saturated heterocycles. The highest BCUT2D eigenvalue weighted by molar-refractivity contribution is 6.25. The molecule has 4 atom stereocenters. The van der Waals surface area contributed by atoms with Crippen molar-refractivity contribution in [1.29, 1.82) is 0 Å². The van der Waals surface area contributed by atoms with Crippen molar-refractivity contribution in [3.63, 3.8) is 0 Å². The minimum Gasteiger partial charge on any atom is -0.504 e. The Hall–Kier alpha value is -4.59. The molecule has 0 saturated carbocycles. The Bertz CT molecular complexity index is 1640. The monoisotopic (exact) mass is 551 g/mol. The number of carbonyl (C=O) groups is 5. The van der Waals surface area contributed by atoms with Gasteiger partial charge in [-0.2, -0.15) is 0 Å². The zero-order valence-corrected chi connectivity index (χ0v) is 23.0. The van der Waals surface area contributed by atoms with Gasteiger partial charge in [-0.25, -0.2) is 0 Å². The number of fused-ring (bicyclic) bond motifs is 3. The predicted molar refractivity (Wildman–Crippen MR) is 150 cm³/mol. The number of allylic oxidation sites excluding steroid dienone is 6. The first kappa shape index (κ1) is 26.6. The second-order valence-corrected chi connectivity index (χ2v) is 11.0. The summed E-state index contributed by atoms with van der Waals surface area (Å²) in [6.45, 7) is 5.17. The van der Waals surface area contributed by atoms with Crippen molar-refractivity contribution in [2.75, 3.05) is 11.5 Å². The van der Waals surface area contributed by atoms with E-state index in [0.717, 1.165) is 5.57 Å². The number of aromatic hydroxyl groups is 1. The summed E-state index contributed by atoms with van der Waals surface area (Å²) in [5.41, 5.74) is 2.98. The van der Waals surface area contributed by atoms with Crippen LogP contribution in [0.15, 0.2) is 76.9 Å². The molecule has 2 aromatic carbocycles. The van der Waals surface area contributed by atoms with Crippen molar-refractivity contribution in [3.05, 3.63) is 88.0 Å². The highest BCUT2D eigenvalue weighted by Gasteiger charge is 2.56. The molecule has 2 aromatic rings. The number of nitrogens with zero attached hydrogens (tertiary/aromatic N) is 1. The summed E-state index contributed by atoms with van der Waals surface area (Å²) in [4.78, 5) is 67.4. The second-order valence-electron chi connectivity index (χ2n) is 11.0. The van der Waals surface area contributed by atoms with Crippen LogP contribution < -0.4 is 9.64 Å². The van der Waals surface area contributed by atoms with Gasteiger partial charge < -0.3 is 9.84 Å². The van der Waals surface area contributed by atoms with Gasteiger partial charge in [0.1, 0.15) is 0 Å². The fourth-order valence-corrected chi connectivity index (χ4v) is 6.86. The Morgan fingerprint density at radius 2 is 1.76 bits per heavy atom. The molecular formula is C33H29NO7. The molecule has 4 aliphatic rings. The van der Waals surface area contributed by atoms with Gasteiger partial charge in [-0.05, 0) is 75.9 Å². The van der Waals surface area contributed by atoms with Crippen LogP contribution in [-0.2, 0) is 19.2 Å². The SMILES string of the molecule is CCOc1cccc(C2C3=CCC4C(=O)N(c5ccc(C(C)=O)cc5)C(=O)C4C3CC3=C2C(=O)C(C)=CC3=O)c1O. The number of Topliss-reactive ketones (excluding diaryl/α,β-unsaturated/α-hetero) is 2. The average molecular weight is 552 g/mol. The van der Waals surface area contributed by atoms with Crippen molar-refractivity contribution in [2.45, 2.75) is 39.5 Å². The molecule has 4 unspecified atom stereocenters. The van der Waals surface area contributed by atoms with Crippen LogP contribution in [0.5, 0.6) is 11.5 Å². The van der Waals surface area contributed by atoms with Crippen LogP contribution in [-0.4, -0.2) is 40.9 Å². The van der Waals surface area contributed by atoms with Crippen molar-refractivity contribution < 1.29 is 33.8 Å². The summed E-state index contributed by atoms with van der Waals surface area (Å²) < 4.78 is 5.62. The number of benzene rings is 2. The van der Waals surface area contributed by atoms with Gasteiger partial charge in [-0.15, -0.1) is 0 Å². The number of anilines is 1. The number of phenols is 1. The Kier molecular flexibility index (Phi) is 6.36. The summed E-state index contributed by atoms with van der Waals surface area (Å²) >= 11 is 0. The molecule has 6 rings (SSSR count). The van der Waals surface area contributed by atoms with Crippen LogP contribution in [0.3, 0.4) is 0 Å². The third kappa shape index (κ3) is 4.00. The van der Waals surface area contributed by atoms with Crippen molar-refractivity contribution in [3.8, 4) is 11.5 Å². The number of imide groups is 1. The van der Waals surface area contributed by atoms with Crippen LogP contribution in [0.2, 0.25) is 0 Å². The molecule has 1 heterocycles. The fourth-order valence-electron chi connectivity index (χ4n) is 6.86. The van der Waals surface area contributed by atoms with Gasteiger partial charge in [0.25, 0.3) is 0 Å². The predicted octanol–water partition coefficient (Wildman–Crippen LogP) is 4.63. The molecule has 0 bridgehead atoms. The first-order valence-electron chi connectivity index (χ1n) is 13.8. The molecule has 1 aliphatic heterocycles. The van der Waals surface area contributed by atoms with Gasteiger partial charge in [0.2, 0.25) is 11.8 Å². The lowest BCUT2D eigenvalue weighted by atomic mass is 9.59. The molecule has 0 aromatic heterocycles. The normalized spacial score (nSPS) is 25.4. The van der Waals surface area contributed by atoms with Crippen LogP contribution in [0.25, 0.3) is 0 Å². The topological polar surface area (TPSA) is 118 Å². The standard InChI is InChI=1S/C33H29NO7/c1-4-41-26-7-5-6-21(31(26)38)27-20-12-13-22-28(23(20)15-24-25(36)14-16(2)30(37)29(24)27)33(40)34(32(22)39)19-10-8-18(9-11-19)17(3)35/h5-12,14,22-23,27-28,38H,4,13,15H2,1-3H3. The largest absolute Gasteiger partial charge is 0.504 e. The van der Waals surface area contributed by atoms with Crippen LogP contribution in [0, 0.1) is 17.8 Å². The third-order valence-corrected chi connectivity index (χ3v) is 8.74. The lowest BCUT2D eigenvalue weighted by Crippen LogP contribution is -2.39. The van der Waals surface area contributed by atoms with Crippen molar-refractivity contribution in [2.24, 2.45) is 17.8 Å². The number of phenolic OH excluding ortho intramolecular Hbond substituents is 1. The molecule has 3 aliphatic carbocycles. The summed E-state index contributed by atoms with van der Waals surface area (Å²) in [6, 6.07) is 11.4. The van der Waals surface area contributed by atoms with Gasteiger partial charge in [-0.3, -0.25) is 28.9 Å². The van der Waals surface area contributed by atoms with Crippen molar-refractivity contribution in [1.82, 2.24) is 0 Å².